The van der Waals surface area contributed by atoms with Crippen LogP contribution in [0.5, 0.6) is 6.01 Å². The Hall–Kier alpha value is -3.92. The van der Waals surface area contributed by atoms with Crippen LogP contribution in [-0.2, 0) is 10.5 Å². The maximum absolute atomic E-state index is 14.6. The molecule has 3 aliphatic rings. The molecule has 0 radical (unpaired) electrons. The number of alkyl halides is 2. The number of thioether (sulfide) groups is 1. The highest BCUT2D eigenvalue weighted by molar-refractivity contribution is 8.00. The van der Waals surface area contributed by atoms with Crippen LogP contribution in [0.4, 0.5) is 31.2 Å². The Morgan fingerprint density at radius 2 is 1.89 bits per heavy atom. The van der Waals surface area contributed by atoms with Crippen LogP contribution in [-0.4, -0.2) is 72.7 Å². The quantitative estimate of drug-likeness (QED) is 0.320. The largest absolute Gasteiger partial charge is 0.462 e. The third-order valence-electron chi connectivity index (χ3n) is 8.92. The van der Waals surface area contributed by atoms with Crippen LogP contribution < -0.4 is 26.0 Å². The lowest BCUT2D eigenvalue weighted by Gasteiger charge is -2.49. The summed E-state index contributed by atoms with van der Waals surface area (Å²) in [5.41, 5.74) is 13.5. The molecule has 0 aromatic carbocycles. The molecule has 236 valence electrons. The van der Waals surface area contributed by atoms with Crippen molar-refractivity contribution in [2.45, 2.75) is 42.7 Å². The normalized spacial score (nSPS) is 21.1. The third kappa shape index (κ3) is 5.07. The third-order valence-corrected chi connectivity index (χ3v) is 11.6. The highest BCUT2D eigenvalue weighted by Gasteiger charge is 2.71. The molecule has 0 amide bonds. The number of nitrogen functional groups attached to an aromatic ring is 2. The molecule has 1 saturated heterocycles. The van der Waals surface area contributed by atoms with Crippen LogP contribution >= 0.6 is 23.1 Å². The lowest BCUT2D eigenvalue weighted by molar-refractivity contribution is 0.0288. The number of hydrogen-bond donors (Lipinski definition) is 2. The van der Waals surface area contributed by atoms with Gasteiger partial charge in [-0.25, -0.2) is 13.8 Å². The van der Waals surface area contributed by atoms with E-state index in [1.165, 1.54) is 11.3 Å². The minimum Gasteiger partial charge on any atom is -0.462 e. The van der Waals surface area contributed by atoms with Crippen molar-refractivity contribution in [3.63, 3.8) is 0 Å². The first kappa shape index (κ1) is 31.1. The molecule has 1 saturated carbocycles. The van der Waals surface area contributed by atoms with E-state index in [2.05, 4.69) is 27.1 Å². The fourth-order valence-corrected chi connectivity index (χ4v) is 9.38. The number of pyridine rings is 1. The summed E-state index contributed by atoms with van der Waals surface area (Å²) in [4.78, 5) is 20.2. The maximum atomic E-state index is 14.6. The Morgan fingerprint density at radius 3 is 2.49 bits per heavy atom. The first-order chi connectivity index (χ1) is 21.4. The van der Waals surface area contributed by atoms with Crippen molar-refractivity contribution in [3.8, 4) is 18.1 Å². The van der Waals surface area contributed by atoms with Gasteiger partial charge in [0.1, 0.15) is 35.1 Å². The van der Waals surface area contributed by atoms with Gasteiger partial charge in [0.25, 0.3) is 5.92 Å². The van der Waals surface area contributed by atoms with Crippen molar-refractivity contribution in [2.75, 3.05) is 68.1 Å². The average molecular weight is 653 g/mol. The number of nitrogens with zero attached hydrogens (tertiary/aromatic N) is 8. The van der Waals surface area contributed by atoms with E-state index in [4.69, 9.17) is 16.2 Å². The number of ether oxygens (including phenoxy) is 1. The molecular formula is C30H34F2N10OS2. The molecule has 15 heteroatoms. The molecule has 6 rings (SSSR count). The molecule has 11 nitrogen and oxygen atoms in total. The summed E-state index contributed by atoms with van der Waals surface area (Å²) >= 11 is 3.20. The number of halogens is 2. The Morgan fingerprint density at radius 1 is 1.18 bits per heavy atom. The number of nitrogens with two attached hydrogens (primary N) is 2. The lowest BCUT2D eigenvalue weighted by atomic mass is 9.88. The Labute approximate surface area is 268 Å². The van der Waals surface area contributed by atoms with Crippen LogP contribution in [0.2, 0.25) is 0 Å². The van der Waals surface area contributed by atoms with Gasteiger partial charge in [0.15, 0.2) is 11.6 Å². The van der Waals surface area contributed by atoms with Crippen LogP contribution in [0, 0.1) is 28.1 Å². The molecule has 3 aromatic rings. The zero-order chi connectivity index (χ0) is 32.3. The van der Waals surface area contributed by atoms with Crippen LogP contribution in [0.25, 0.3) is 0 Å². The van der Waals surface area contributed by atoms with Crippen molar-refractivity contribution in [2.24, 2.45) is 5.41 Å². The molecule has 2 atom stereocenters. The SMILES string of the molecule is CCN(c1nc(OCC2(CN(C)C)CC2(F)F)nc(N2CC3(C2)SCc2sc(N)c(C#N)c23)c1C#N)[C@H](C)c1cccnc1N. The van der Waals surface area contributed by atoms with Gasteiger partial charge < -0.3 is 30.9 Å². The van der Waals surface area contributed by atoms with E-state index in [0.29, 0.717) is 47.7 Å². The van der Waals surface area contributed by atoms with Crippen molar-refractivity contribution in [3.05, 3.63) is 45.5 Å². The molecular weight excluding hydrogens is 619 g/mol. The number of anilines is 4. The van der Waals surface area contributed by atoms with Crippen molar-refractivity contribution in [1.29, 1.82) is 10.5 Å². The molecule has 2 fully saturated rings. The number of aromatic nitrogens is 3. The van der Waals surface area contributed by atoms with Gasteiger partial charge in [-0.3, -0.25) is 0 Å². The fraction of sp³-hybridized carbons (Fsp3) is 0.500. The van der Waals surface area contributed by atoms with Gasteiger partial charge in [-0.2, -0.15) is 20.5 Å². The lowest BCUT2D eigenvalue weighted by Crippen LogP contribution is -2.57. The van der Waals surface area contributed by atoms with E-state index in [-0.39, 0.29) is 41.9 Å². The molecule has 0 bridgehead atoms. The zero-order valence-electron chi connectivity index (χ0n) is 25.5. The number of thiophene rings is 1. The van der Waals surface area contributed by atoms with Crippen molar-refractivity contribution < 1.29 is 13.5 Å². The molecule has 1 aliphatic carbocycles. The van der Waals surface area contributed by atoms with E-state index in [9.17, 15) is 19.3 Å². The van der Waals surface area contributed by atoms with Gasteiger partial charge in [0, 0.05) is 60.6 Å². The number of rotatable bonds is 10. The van der Waals surface area contributed by atoms with E-state index in [1.54, 1.807) is 43.0 Å². The van der Waals surface area contributed by atoms with E-state index in [1.807, 2.05) is 29.7 Å². The predicted molar refractivity (Wildman–Crippen MR) is 172 cm³/mol. The van der Waals surface area contributed by atoms with E-state index >= 15 is 0 Å². The highest BCUT2D eigenvalue weighted by Crippen LogP contribution is 2.61. The second-order valence-electron chi connectivity index (χ2n) is 12.2. The van der Waals surface area contributed by atoms with Gasteiger partial charge in [-0.05, 0) is 34.0 Å². The molecule has 45 heavy (non-hydrogen) atoms. The Bertz CT molecular complexity index is 1730. The zero-order valence-corrected chi connectivity index (χ0v) is 27.1. The fourth-order valence-electron chi connectivity index (χ4n) is 6.58. The molecule has 1 spiro atoms. The monoisotopic (exact) mass is 652 g/mol. The number of fused-ring (bicyclic) bond motifs is 2. The van der Waals surface area contributed by atoms with Gasteiger partial charge in [-0.1, -0.05) is 6.07 Å². The molecule has 2 aliphatic heterocycles. The van der Waals surface area contributed by atoms with Gasteiger partial charge in [0.05, 0.1) is 21.8 Å². The first-order valence-corrected chi connectivity index (χ1v) is 16.3. The van der Waals surface area contributed by atoms with Crippen molar-refractivity contribution in [1.82, 2.24) is 19.9 Å². The predicted octanol–water partition coefficient (Wildman–Crippen LogP) is 4.36. The van der Waals surface area contributed by atoms with Gasteiger partial charge in [-0.15, -0.1) is 23.1 Å². The number of nitriles is 2. The maximum Gasteiger partial charge on any atom is 0.320 e. The summed E-state index contributed by atoms with van der Waals surface area (Å²) in [5, 5.41) is 20.9. The second kappa shape index (κ2) is 11.2. The summed E-state index contributed by atoms with van der Waals surface area (Å²) in [6, 6.07) is 7.84. The van der Waals surface area contributed by atoms with E-state index in [0.717, 1.165) is 21.8 Å². The summed E-state index contributed by atoms with van der Waals surface area (Å²) in [6.45, 7) is 5.17. The summed E-state index contributed by atoms with van der Waals surface area (Å²) < 4.78 is 34.8. The topological polar surface area (TPSA) is 157 Å². The Kier molecular flexibility index (Phi) is 7.70. The van der Waals surface area contributed by atoms with Gasteiger partial charge in [0.2, 0.25) is 0 Å². The summed E-state index contributed by atoms with van der Waals surface area (Å²) in [5.74, 6) is -1.08. The molecule has 4 N–H and O–H groups in total. The average Bonchev–Trinajstić information content (AvgIpc) is 3.20. The number of hydrogen-bond acceptors (Lipinski definition) is 13. The smallest absolute Gasteiger partial charge is 0.320 e. The minimum absolute atomic E-state index is 0.0807. The molecule has 5 heterocycles. The van der Waals surface area contributed by atoms with Crippen LogP contribution in [0.15, 0.2) is 18.3 Å². The van der Waals surface area contributed by atoms with Gasteiger partial charge >= 0.3 is 6.01 Å². The summed E-state index contributed by atoms with van der Waals surface area (Å²) in [7, 11) is 3.50. The Balaban J connectivity index is 1.39. The van der Waals surface area contributed by atoms with Crippen LogP contribution in [0.3, 0.4) is 0 Å². The first-order valence-electron chi connectivity index (χ1n) is 14.5. The molecule has 1 unspecified atom stereocenters. The molecule has 3 aromatic heterocycles. The standard InChI is InChI=1S/C30H34F2N10OS2/c1-5-42(17(2)18-7-6-8-37-23(18)35)26-20(10-34)25(38-27(39-26)43-16-28(13-40(3)4)12-30(28,31)32)41-14-29(15-41)22-19(9-33)24(36)45-21(22)11-44-29/h6-8,17H,5,11-16,36H2,1-4H3,(H2,35,37)/t17-,28?/m1/s1. The second-order valence-corrected chi connectivity index (χ2v) is 14.7. The van der Waals surface area contributed by atoms with E-state index < -0.39 is 11.3 Å². The summed E-state index contributed by atoms with van der Waals surface area (Å²) in [6.07, 6.45) is 1.32. The van der Waals surface area contributed by atoms with Crippen LogP contribution in [0.1, 0.15) is 53.4 Å². The minimum atomic E-state index is -2.86. The highest BCUT2D eigenvalue weighted by atomic mass is 32.2. The van der Waals surface area contributed by atoms with Crippen molar-refractivity contribution >= 4 is 45.6 Å².